The van der Waals surface area contributed by atoms with Crippen molar-refractivity contribution in [2.24, 2.45) is 0 Å². The number of carboxylic acids is 2. The fraction of sp³-hybridized carbons (Fsp3) is 0.200. The Kier molecular flexibility index (Phi) is 7.89. The van der Waals surface area contributed by atoms with E-state index in [-0.39, 0.29) is 16.1 Å². The van der Waals surface area contributed by atoms with E-state index < -0.39 is 18.4 Å². The van der Waals surface area contributed by atoms with Crippen molar-refractivity contribution in [2.45, 2.75) is 6.42 Å². The molecule has 0 spiro atoms. The van der Waals surface area contributed by atoms with Gasteiger partial charge in [-0.15, -0.1) is 0 Å². The molecule has 0 rings (SSSR count). The molecule has 0 aromatic heterocycles. The molecule has 4 nitrogen and oxygen atoms in total. The zero-order valence-corrected chi connectivity index (χ0v) is 8.00. The highest BCUT2D eigenvalue weighted by Crippen LogP contribution is 1.95. The lowest BCUT2D eigenvalue weighted by molar-refractivity contribution is -0.139. The van der Waals surface area contributed by atoms with Gasteiger partial charge in [-0.1, -0.05) is 6.58 Å². The molecule has 0 aliphatic heterocycles. The first-order chi connectivity index (χ1) is 5.04. The summed E-state index contributed by atoms with van der Waals surface area (Å²) in [6.45, 7) is 3.01. The third kappa shape index (κ3) is 8.83. The summed E-state index contributed by atoms with van der Waals surface area (Å²) in [4.78, 5) is 19.7. The van der Waals surface area contributed by atoms with Crippen LogP contribution >= 0.6 is 0 Å². The van der Waals surface area contributed by atoms with Crippen LogP contribution in [-0.4, -0.2) is 32.7 Å². The molecule has 0 amide bonds. The molecule has 0 unspecified atom stereocenters. The molecule has 0 saturated carbocycles. The molecule has 11 heavy (non-hydrogen) atoms. The first-order valence-corrected chi connectivity index (χ1v) is 3.30. The average molecular weight is 180 g/mol. The number of hydrogen-bond donors (Lipinski definition) is 2. The van der Waals surface area contributed by atoms with Crippen LogP contribution in [0.5, 0.6) is 0 Å². The van der Waals surface area contributed by atoms with Gasteiger partial charge in [-0.3, -0.25) is 4.79 Å². The van der Waals surface area contributed by atoms with Crippen LogP contribution in [0.15, 0.2) is 12.2 Å². The minimum absolute atomic E-state index is 0.194. The van der Waals surface area contributed by atoms with Crippen LogP contribution in [0.4, 0.5) is 4.11 Å². The normalized spacial score (nSPS) is 7.73. The Morgan fingerprint density at radius 1 is 1.36 bits per heavy atom. The summed E-state index contributed by atoms with van der Waals surface area (Å²) in [5, 5.41) is 16.1. The molecule has 0 aromatic rings. The highest BCUT2D eigenvalue weighted by Gasteiger charge is 2.07. The Hall–Kier alpha value is -1.17. The fourth-order valence-corrected chi connectivity index (χ4v) is 0.258. The second-order valence-electron chi connectivity index (χ2n) is 1.48. The van der Waals surface area contributed by atoms with Crippen molar-refractivity contribution in [1.29, 1.82) is 0 Å². The van der Waals surface area contributed by atoms with Crippen molar-refractivity contribution >= 4 is 22.5 Å². The number of carbonyl (C=O) groups is 2. The topological polar surface area (TPSA) is 74.6 Å². The highest BCUT2D eigenvalue weighted by molar-refractivity contribution is 5.96. The number of halogens is 1. The number of hydrogen-bond acceptors (Lipinski definition) is 2. The first kappa shape index (κ1) is 12.5. The Balaban J connectivity index is 0. The summed E-state index contributed by atoms with van der Waals surface area (Å²) < 4.78 is 9.64. The molecule has 0 atom stereocenters. The molecular weight excluding hydrogens is 171 g/mol. The van der Waals surface area contributed by atoms with Gasteiger partial charge in [0.25, 0.3) is 0 Å². The van der Waals surface area contributed by atoms with Gasteiger partial charge in [-0.05, 0) is 0 Å². The SMILES string of the molecule is C=C(CC(=O)O)C(=O)O.F[SiH3]. The van der Waals surface area contributed by atoms with Crippen LogP contribution in [0, 0.1) is 0 Å². The predicted octanol–water partition coefficient (Wildman–Crippen LogP) is -0.662. The lowest BCUT2D eigenvalue weighted by Crippen LogP contribution is -2.04. The summed E-state index contributed by atoms with van der Waals surface area (Å²) in [5.74, 6) is -2.44. The second kappa shape index (κ2) is 6.94. The highest BCUT2D eigenvalue weighted by atomic mass is 28.2. The van der Waals surface area contributed by atoms with E-state index in [0.717, 1.165) is 0 Å². The molecule has 0 radical (unpaired) electrons. The van der Waals surface area contributed by atoms with Crippen LogP contribution in [0.3, 0.4) is 0 Å². The van der Waals surface area contributed by atoms with E-state index in [1.54, 1.807) is 0 Å². The van der Waals surface area contributed by atoms with E-state index in [0.29, 0.717) is 0 Å². The maximum absolute atomic E-state index is 9.87. The molecule has 0 saturated heterocycles. The fourth-order valence-electron chi connectivity index (χ4n) is 0.258. The molecule has 0 aliphatic carbocycles. The summed E-state index contributed by atoms with van der Waals surface area (Å²) >= 11 is 0. The molecule has 0 heterocycles. The predicted molar refractivity (Wildman–Crippen MR) is 40.1 cm³/mol. The molecule has 0 bridgehead atoms. The van der Waals surface area contributed by atoms with E-state index in [9.17, 15) is 13.7 Å². The van der Waals surface area contributed by atoms with Crippen LogP contribution in [0.2, 0.25) is 0 Å². The van der Waals surface area contributed by atoms with E-state index in [1.807, 2.05) is 0 Å². The van der Waals surface area contributed by atoms with Crippen LogP contribution in [0.1, 0.15) is 6.42 Å². The number of rotatable bonds is 3. The van der Waals surface area contributed by atoms with Crippen molar-refractivity contribution in [3.05, 3.63) is 12.2 Å². The Bertz CT molecular complexity index is 168. The van der Waals surface area contributed by atoms with Gasteiger partial charge in [0.05, 0.1) is 6.42 Å². The molecular formula is C5H9FO4Si. The van der Waals surface area contributed by atoms with Crippen molar-refractivity contribution in [1.82, 2.24) is 0 Å². The summed E-state index contributed by atoms with van der Waals surface area (Å²) in [6.07, 6.45) is -0.505. The van der Waals surface area contributed by atoms with Crippen LogP contribution < -0.4 is 0 Å². The smallest absolute Gasteiger partial charge is 0.331 e. The van der Waals surface area contributed by atoms with Gasteiger partial charge in [-0.25, -0.2) is 4.79 Å². The van der Waals surface area contributed by atoms with Crippen LogP contribution in [0.25, 0.3) is 0 Å². The van der Waals surface area contributed by atoms with Gasteiger partial charge in [0.2, 0.25) is 10.6 Å². The number of aliphatic carboxylic acids is 2. The van der Waals surface area contributed by atoms with E-state index >= 15 is 0 Å². The zero-order valence-electron chi connectivity index (χ0n) is 6.00. The molecule has 2 N–H and O–H groups in total. The molecule has 0 aromatic carbocycles. The lowest BCUT2D eigenvalue weighted by Gasteiger charge is -1.91. The summed E-state index contributed by atoms with van der Waals surface area (Å²) in [7, 11) is -0.194. The molecule has 64 valence electrons. The maximum atomic E-state index is 9.87. The average Bonchev–Trinajstić information content (AvgIpc) is 1.90. The third-order valence-corrected chi connectivity index (χ3v) is 0.667. The standard InChI is InChI=1S/C5H6O4.FH3Si/c1-3(5(8)9)2-4(6)7;1-2/h1-2H2,(H,6,7)(H,8,9);2H3. The van der Waals surface area contributed by atoms with E-state index in [4.69, 9.17) is 10.2 Å². The van der Waals surface area contributed by atoms with Gasteiger partial charge in [-0.2, -0.15) is 0 Å². The number of carboxylic acid groups (broad SMARTS) is 2. The molecule has 0 fully saturated rings. The lowest BCUT2D eigenvalue weighted by atomic mass is 10.2. The largest absolute Gasteiger partial charge is 0.481 e. The van der Waals surface area contributed by atoms with E-state index in [2.05, 4.69) is 6.58 Å². The first-order valence-electron chi connectivity index (χ1n) is 2.54. The molecule has 0 aliphatic rings. The minimum Gasteiger partial charge on any atom is -0.481 e. The van der Waals surface area contributed by atoms with Gasteiger partial charge in [0.1, 0.15) is 0 Å². The van der Waals surface area contributed by atoms with Gasteiger partial charge in [0, 0.05) is 5.57 Å². The van der Waals surface area contributed by atoms with Crippen molar-refractivity contribution in [2.75, 3.05) is 0 Å². The van der Waals surface area contributed by atoms with Gasteiger partial charge in [0.15, 0.2) is 0 Å². The van der Waals surface area contributed by atoms with Crippen LogP contribution in [-0.2, 0) is 9.59 Å². The van der Waals surface area contributed by atoms with Gasteiger partial charge >= 0.3 is 11.9 Å². The Morgan fingerprint density at radius 3 is 1.82 bits per heavy atom. The Morgan fingerprint density at radius 2 is 1.73 bits per heavy atom. The second-order valence-corrected chi connectivity index (χ2v) is 1.48. The third-order valence-electron chi connectivity index (χ3n) is 0.667. The van der Waals surface area contributed by atoms with Crippen molar-refractivity contribution in [3.8, 4) is 0 Å². The maximum Gasteiger partial charge on any atom is 0.331 e. The quantitative estimate of drug-likeness (QED) is 0.343. The minimum atomic E-state index is -1.27. The van der Waals surface area contributed by atoms with Crippen molar-refractivity contribution < 1.29 is 23.9 Å². The zero-order chi connectivity index (χ0) is 9.44. The monoisotopic (exact) mass is 180 g/mol. The summed E-state index contributed by atoms with van der Waals surface area (Å²) in [6, 6.07) is 0. The summed E-state index contributed by atoms with van der Waals surface area (Å²) in [5.41, 5.74) is -0.303. The van der Waals surface area contributed by atoms with Gasteiger partial charge < -0.3 is 14.3 Å². The Labute approximate surface area is 65.9 Å². The van der Waals surface area contributed by atoms with E-state index in [1.165, 1.54) is 0 Å². The van der Waals surface area contributed by atoms with Crippen molar-refractivity contribution in [3.63, 3.8) is 0 Å². The molecule has 6 heteroatoms.